The summed E-state index contributed by atoms with van der Waals surface area (Å²) < 4.78 is 27.1. The molecular weight excluding hydrogens is 280 g/mol. The summed E-state index contributed by atoms with van der Waals surface area (Å²) in [6.45, 7) is 0. The average molecular weight is 292 g/mol. The highest BCUT2D eigenvalue weighted by Crippen LogP contribution is 2.19. The van der Waals surface area contributed by atoms with Crippen LogP contribution in [0.1, 0.15) is 5.56 Å². The van der Waals surface area contributed by atoms with Crippen molar-refractivity contribution in [3.8, 4) is 0 Å². The van der Waals surface area contributed by atoms with Crippen molar-refractivity contribution in [1.82, 2.24) is 0 Å². The van der Waals surface area contributed by atoms with Crippen molar-refractivity contribution < 1.29 is 8.42 Å². The summed E-state index contributed by atoms with van der Waals surface area (Å²) in [5, 5.41) is 0. The molecule has 0 saturated carbocycles. The Labute approximate surface area is 117 Å². The summed E-state index contributed by atoms with van der Waals surface area (Å²) in [6, 6.07) is 15.0. The van der Waals surface area contributed by atoms with E-state index >= 15 is 0 Å². The van der Waals surface area contributed by atoms with Gasteiger partial charge in [-0.05, 0) is 18.2 Å². The number of rotatable bonds is 4. The number of hydrogen-bond donors (Lipinski definition) is 2. The minimum absolute atomic E-state index is 0.0500. The lowest BCUT2D eigenvalue weighted by Gasteiger charge is -2.11. The Bertz CT molecular complexity index is 698. The number of benzene rings is 2. The first-order valence-corrected chi connectivity index (χ1v) is 7.36. The quantitative estimate of drug-likeness (QED) is 0.847. The van der Waals surface area contributed by atoms with Crippen LogP contribution in [-0.4, -0.2) is 13.4 Å². The second-order valence-electron chi connectivity index (χ2n) is 3.83. The molecule has 0 aliphatic heterocycles. The number of thiocarbonyl (C=S) groups is 1. The lowest BCUT2D eigenvalue weighted by Crippen LogP contribution is -2.19. The molecule has 0 atom stereocenters. The molecule has 0 radical (unpaired) electrons. The van der Waals surface area contributed by atoms with Crippen molar-refractivity contribution in [2.24, 2.45) is 5.73 Å². The van der Waals surface area contributed by atoms with Gasteiger partial charge in [-0.1, -0.05) is 48.6 Å². The van der Waals surface area contributed by atoms with E-state index in [9.17, 15) is 8.42 Å². The van der Waals surface area contributed by atoms with Gasteiger partial charge in [0, 0.05) is 11.3 Å². The van der Waals surface area contributed by atoms with Gasteiger partial charge in [-0.15, -0.1) is 0 Å². The number of sulfonamides is 1. The van der Waals surface area contributed by atoms with Crippen molar-refractivity contribution in [2.75, 3.05) is 4.72 Å². The van der Waals surface area contributed by atoms with Gasteiger partial charge < -0.3 is 5.73 Å². The fraction of sp³-hybridized carbons (Fsp3) is 0. The van der Waals surface area contributed by atoms with Gasteiger partial charge in [0.05, 0.1) is 4.90 Å². The van der Waals surface area contributed by atoms with Gasteiger partial charge >= 0.3 is 0 Å². The normalized spacial score (nSPS) is 10.9. The van der Waals surface area contributed by atoms with Gasteiger partial charge in [-0.3, -0.25) is 4.72 Å². The van der Waals surface area contributed by atoms with Crippen molar-refractivity contribution >= 4 is 32.9 Å². The van der Waals surface area contributed by atoms with Crippen molar-refractivity contribution in [2.45, 2.75) is 4.90 Å². The van der Waals surface area contributed by atoms with Crippen LogP contribution in [0.3, 0.4) is 0 Å². The summed E-state index contributed by atoms with van der Waals surface area (Å²) in [5.41, 5.74) is 6.36. The maximum absolute atomic E-state index is 12.3. The van der Waals surface area contributed by atoms with Crippen molar-refractivity contribution in [3.05, 3.63) is 60.2 Å². The van der Waals surface area contributed by atoms with Gasteiger partial charge in [0.15, 0.2) is 0 Å². The largest absolute Gasteiger partial charge is 0.389 e. The Morgan fingerprint density at radius 1 is 1.00 bits per heavy atom. The van der Waals surface area contributed by atoms with Gasteiger partial charge in [0.2, 0.25) is 0 Å². The highest BCUT2D eigenvalue weighted by Gasteiger charge is 2.19. The van der Waals surface area contributed by atoms with E-state index in [2.05, 4.69) is 4.72 Å². The van der Waals surface area contributed by atoms with E-state index in [1.807, 2.05) is 0 Å². The highest BCUT2D eigenvalue weighted by molar-refractivity contribution is 7.93. The maximum atomic E-state index is 12.3. The lowest BCUT2D eigenvalue weighted by molar-refractivity contribution is 0.601. The molecule has 3 N–H and O–H groups in total. The SMILES string of the molecule is NC(=S)c1ccccc1S(=O)(=O)Nc1ccccc1. The van der Waals surface area contributed by atoms with Crippen LogP contribution in [0.2, 0.25) is 0 Å². The number of nitrogens with two attached hydrogens (primary N) is 1. The van der Waals surface area contributed by atoms with E-state index in [1.165, 1.54) is 6.07 Å². The van der Waals surface area contributed by atoms with E-state index in [-0.39, 0.29) is 9.88 Å². The second-order valence-corrected chi connectivity index (χ2v) is 5.92. The van der Waals surface area contributed by atoms with E-state index in [4.69, 9.17) is 18.0 Å². The van der Waals surface area contributed by atoms with Crippen LogP contribution in [0, 0.1) is 0 Å². The molecular formula is C13H12N2O2S2. The van der Waals surface area contributed by atoms with Crippen LogP contribution in [0.4, 0.5) is 5.69 Å². The number of nitrogens with one attached hydrogen (secondary N) is 1. The van der Waals surface area contributed by atoms with Crippen molar-refractivity contribution in [1.29, 1.82) is 0 Å². The fourth-order valence-corrected chi connectivity index (χ4v) is 3.15. The molecule has 19 heavy (non-hydrogen) atoms. The number of para-hydroxylation sites is 1. The molecule has 0 bridgehead atoms. The molecule has 2 rings (SSSR count). The molecule has 0 fully saturated rings. The van der Waals surface area contributed by atoms with E-state index in [1.54, 1.807) is 48.5 Å². The second kappa shape index (κ2) is 5.38. The van der Waals surface area contributed by atoms with Crippen LogP contribution in [-0.2, 0) is 10.0 Å². The summed E-state index contributed by atoms with van der Waals surface area (Å²) in [7, 11) is -3.71. The average Bonchev–Trinajstić information content (AvgIpc) is 2.39. The summed E-state index contributed by atoms with van der Waals surface area (Å²) in [6.07, 6.45) is 0. The first-order valence-electron chi connectivity index (χ1n) is 5.47. The minimum Gasteiger partial charge on any atom is -0.389 e. The monoisotopic (exact) mass is 292 g/mol. The standard InChI is InChI=1S/C13H12N2O2S2/c14-13(18)11-8-4-5-9-12(11)19(16,17)15-10-6-2-1-3-7-10/h1-9,15H,(H2,14,18). The summed E-state index contributed by atoms with van der Waals surface area (Å²) in [5.74, 6) is 0. The van der Waals surface area contributed by atoms with Crippen molar-refractivity contribution in [3.63, 3.8) is 0 Å². The molecule has 0 saturated heterocycles. The maximum Gasteiger partial charge on any atom is 0.262 e. The lowest BCUT2D eigenvalue weighted by atomic mass is 10.2. The van der Waals surface area contributed by atoms with Crippen LogP contribution >= 0.6 is 12.2 Å². The molecule has 98 valence electrons. The van der Waals surface area contributed by atoms with Gasteiger partial charge in [0.25, 0.3) is 10.0 Å². The zero-order valence-electron chi connectivity index (χ0n) is 9.91. The molecule has 0 amide bonds. The van der Waals surface area contributed by atoms with Crippen LogP contribution in [0.15, 0.2) is 59.5 Å². The molecule has 0 aliphatic carbocycles. The predicted octanol–water partition coefficient (Wildman–Crippen LogP) is 2.12. The zero-order valence-corrected chi connectivity index (χ0v) is 11.5. The molecule has 0 aliphatic rings. The third-order valence-electron chi connectivity index (χ3n) is 2.47. The Morgan fingerprint density at radius 3 is 2.21 bits per heavy atom. The van der Waals surface area contributed by atoms with E-state index in [0.29, 0.717) is 11.3 Å². The number of hydrogen-bond acceptors (Lipinski definition) is 3. The molecule has 0 heterocycles. The van der Waals surface area contributed by atoms with E-state index in [0.717, 1.165) is 0 Å². The molecule has 2 aromatic rings. The van der Waals surface area contributed by atoms with Gasteiger partial charge in [-0.25, -0.2) is 8.42 Å². The topological polar surface area (TPSA) is 72.2 Å². The summed E-state index contributed by atoms with van der Waals surface area (Å²) in [4.78, 5) is 0.125. The first-order chi connectivity index (χ1) is 9.00. The Kier molecular flexibility index (Phi) is 3.82. The molecule has 0 unspecified atom stereocenters. The minimum atomic E-state index is -3.71. The third kappa shape index (κ3) is 3.10. The highest BCUT2D eigenvalue weighted by atomic mass is 32.2. The smallest absolute Gasteiger partial charge is 0.262 e. The predicted molar refractivity (Wildman–Crippen MR) is 79.6 cm³/mol. The molecule has 0 aromatic heterocycles. The first kappa shape index (κ1) is 13.5. The third-order valence-corrected chi connectivity index (χ3v) is 4.13. The fourth-order valence-electron chi connectivity index (χ4n) is 1.62. The Balaban J connectivity index is 2.43. The summed E-state index contributed by atoms with van der Waals surface area (Å²) >= 11 is 4.87. The number of anilines is 1. The Hall–Kier alpha value is -1.92. The Morgan fingerprint density at radius 2 is 1.58 bits per heavy atom. The molecule has 2 aromatic carbocycles. The molecule has 0 spiro atoms. The van der Waals surface area contributed by atoms with Gasteiger partial charge in [0.1, 0.15) is 4.99 Å². The zero-order chi connectivity index (χ0) is 13.9. The van der Waals surface area contributed by atoms with Crippen LogP contribution in [0.25, 0.3) is 0 Å². The van der Waals surface area contributed by atoms with E-state index < -0.39 is 10.0 Å². The molecule has 4 nitrogen and oxygen atoms in total. The van der Waals surface area contributed by atoms with Crippen LogP contribution < -0.4 is 10.5 Å². The van der Waals surface area contributed by atoms with Gasteiger partial charge in [-0.2, -0.15) is 0 Å². The van der Waals surface area contributed by atoms with Crippen LogP contribution in [0.5, 0.6) is 0 Å². The molecule has 6 heteroatoms.